The van der Waals surface area contributed by atoms with Crippen LogP contribution in [-0.2, 0) is 0 Å². The Morgan fingerprint density at radius 1 is 1.26 bits per heavy atom. The molecule has 0 bridgehead atoms. The summed E-state index contributed by atoms with van der Waals surface area (Å²) in [5, 5.41) is 10.1. The van der Waals surface area contributed by atoms with Crippen LogP contribution < -0.4 is 0 Å². The molecule has 2 atom stereocenters. The number of aliphatic imine (C=N–C) groups is 1. The summed E-state index contributed by atoms with van der Waals surface area (Å²) in [6.07, 6.45) is 11.3. The van der Waals surface area contributed by atoms with E-state index in [-0.39, 0.29) is 6.23 Å². The third-order valence-electron chi connectivity index (χ3n) is 4.23. The second-order valence-electron chi connectivity index (χ2n) is 5.51. The Kier molecular flexibility index (Phi) is 7.32. The van der Waals surface area contributed by atoms with E-state index >= 15 is 0 Å². The predicted molar refractivity (Wildman–Crippen MR) is 82.2 cm³/mol. The number of likely N-dealkylation sites (N-methyl/N-ethyl adjacent to an activating group) is 1. The van der Waals surface area contributed by atoms with Crippen molar-refractivity contribution in [2.24, 2.45) is 4.99 Å². The molecule has 1 heterocycles. The molecular formula is C16H31N2O+. The molecule has 2 unspecified atom stereocenters. The lowest BCUT2D eigenvalue weighted by Crippen LogP contribution is -2.56. The summed E-state index contributed by atoms with van der Waals surface area (Å²) in [7, 11) is 0. The van der Waals surface area contributed by atoms with Crippen LogP contribution in [0.15, 0.2) is 17.1 Å². The monoisotopic (exact) mass is 267 g/mol. The van der Waals surface area contributed by atoms with Crippen LogP contribution in [0.5, 0.6) is 0 Å². The first kappa shape index (κ1) is 16.4. The second-order valence-corrected chi connectivity index (χ2v) is 5.51. The molecule has 110 valence electrons. The highest BCUT2D eigenvalue weighted by molar-refractivity contribution is 5.76. The third-order valence-corrected chi connectivity index (χ3v) is 4.23. The first-order chi connectivity index (χ1) is 9.17. The Balaban J connectivity index is 2.32. The Labute approximate surface area is 118 Å². The molecule has 1 N–H and O–H groups in total. The highest BCUT2D eigenvalue weighted by Gasteiger charge is 2.40. The lowest BCUT2D eigenvalue weighted by molar-refractivity contribution is -0.882. The molecule has 0 amide bonds. The summed E-state index contributed by atoms with van der Waals surface area (Å²) >= 11 is 0. The van der Waals surface area contributed by atoms with Crippen LogP contribution in [0.1, 0.15) is 59.3 Å². The quantitative estimate of drug-likeness (QED) is 0.387. The number of quaternary nitrogens is 1. The smallest absolute Gasteiger partial charge is 0.200 e. The molecule has 1 aliphatic rings. The Morgan fingerprint density at radius 2 is 2.00 bits per heavy atom. The van der Waals surface area contributed by atoms with E-state index < -0.39 is 0 Å². The number of rotatable bonds is 9. The molecule has 1 rings (SSSR count). The van der Waals surface area contributed by atoms with Gasteiger partial charge in [0, 0.05) is 13.3 Å². The minimum atomic E-state index is -0.323. The average molecular weight is 267 g/mol. The average Bonchev–Trinajstić information content (AvgIpc) is 2.82. The zero-order chi connectivity index (χ0) is 14.1. The van der Waals surface area contributed by atoms with Crippen molar-refractivity contribution in [2.45, 2.75) is 65.5 Å². The molecule has 0 aliphatic carbocycles. The van der Waals surface area contributed by atoms with Crippen LogP contribution in [-0.4, -0.2) is 41.3 Å². The fourth-order valence-corrected chi connectivity index (χ4v) is 2.88. The molecule has 1 aliphatic heterocycles. The maximum Gasteiger partial charge on any atom is 0.200 e. The zero-order valence-electron chi connectivity index (χ0n) is 12.9. The van der Waals surface area contributed by atoms with Crippen LogP contribution in [0.3, 0.4) is 0 Å². The van der Waals surface area contributed by atoms with Crippen LogP contribution in [0.2, 0.25) is 0 Å². The molecule has 19 heavy (non-hydrogen) atoms. The first-order valence-corrected chi connectivity index (χ1v) is 7.91. The van der Waals surface area contributed by atoms with E-state index in [1.165, 1.54) is 37.9 Å². The van der Waals surface area contributed by atoms with E-state index in [2.05, 4.69) is 31.0 Å². The van der Waals surface area contributed by atoms with E-state index in [9.17, 15) is 5.11 Å². The van der Waals surface area contributed by atoms with Gasteiger partial charge in [-0.25, -0.2) is 4.99 Å². The van der Waals surface area contributed by atoms with Crippen LogP contribution >= 0.6 is 0 Å². The van der Waals surface area contributed by atoms with E-state index in [0.717, 1.165) is 26.1 Å². The number of nitrogens with zero attached hydrogens (tertiary/aromatic N) is 2. The van der Waals surface area contributed by atoms with Gasteiger partial charge < -0.3 is 5.11 Å². The number of aliphatic hydroxyl groups is 1. The van der Waals surface area contributed by atoms with Crippen molar-refractivity contribution >= 4 is 5.84 Å². The fraction of sp³-hybridized carbons (Fsp3) is 0.812. The molecule has 0 saturated carbocycles. The fourth-order valence-electron chi connectivity index (χ4n) is 2.88. The van der Waals surface area contributed by atoms with Crippen molar-refractivity contribution in [1.29, 1.82) is 0 Å². The van der Waals surface area contributed by atoms with Gasteiger partial charge in [0.25, 0.3) is 0 Å². The van der Waals surface area contributed by atoms with Crippen molar-refractivity contribution in [2.75, 3.05) is 19.6 Å². The maximum absolute atomic E-state index is 10.1. The summed E-state index contributed by atoms with van der Waals surface area (Å²) in [5.41, 5.74) is 0. The normalized spacial score (nSPS) is 24.9. The largest absolute Gasteiger partial charge is 0.345 e. The standard InChI is InChI=1S/C16H31N2O/c1-4-6-7-8-9-10-11-12-16-17-13-14-18(16,5-2)15(3)19/h7-8,15,19H,4-6,9-14H2,1-3H3/q+1/b8-7+. The lowest BCUT2D eigenvalue weighted by Gasteiger charge is -2.36. The van der Waals surface area contributed by atoms with Crippen LogP contribution in [0.4, 0.5) is 0 Å². The molecular weight excluding hydrogens is 236 g/mol. The minimum absolute atomic E-state index is 0.323. The molecule has 0 aromatic carbocycles. The highest BCUT2D eigenvalue weighted by atomic mass is 16.3. The van der Waals surface area contributed by atoms with Gasteiger partial charge in [-0.15, -0.1) is 0 Å². The third kappa shape index (κ3) is 4.43. The van der Waals surface area contributed by atoms with Gasteiger partial charge in [-0.05, 0) is 32.6 Å². The predicted octanol–water partition coefficient (Wildman–Crippen LogP) is 3.49. The van der Waals surface area contributed by atoms with Crippen molar-refractivity contribution in [1.82, 2.24) is 0 Å². The number of unbranched alkanes of at least 4 members (excludes halogenated alkanes) is 3. The number of aliphatic hydroxyl groups excluding tert-OH is 1. The van der Waals surface area contributed by atoms with E-state index in [1.54, 1.807) is 0 Å². The number of hydrogen-bond acceptors (Lipinski definition) is 2. The molecule has 0 aromatic rings. The number of allylic oxidation sites excluding steroid dienone is 2. The van der Waals surface area contributed by atoms with Gasteiger partial charge in [0.15, 0.2) is 6.23 Å². The molecule has 0 saturated heterocycles. The van der Waals surface area contributed by atoms with Crippen LogP contribution in [0, 0.1) is 0 Å². The molecule has 3 nitrogen and oxygen atoms in total. The molecule has 0 spiro atoms. The summed E-state index contributed by atoms with van der Waals surface area (Å²) in [5.74, 6) is 1.22. The van der Waals surface area contributed by atoms with Gasteiger partial charge >= 0.3 is 0 Å². The Hall–Kier alpha value is -0.670. The van der Waals surface area contributed by atoms with Crippen LogP contribution in [0.25, 0.3) is 0 Å². The zero-order valence-corrected chi connectivity index (χ0v) is 12.9. The van der Waals surface area contributed by atoms with Crippen molar-refractivity contribution in [3.63, 3.8) is 0 Å². The van der Waals surface area contributed by atoms with Gasteiger partial charge in [0.2, 0.25) is 5.84 Å². The van der Waals surface area contributed by atoms with Gasteiger partial charge in [-0.3, -0.25) is 4.48 Å². The highest BCUT2D eigenvalue weighted by Crippen LogP contribution is 2.22. The summed E-state index contributed by atoms with van der Waals surface area (Å²) in [6, 6.07) is 0. The topological polar surface area (TPSA) is 32.6 Å². The van der Waals surface area contributed by atoms with Crippen molar-refractivity contribution in [3.05, 3.63) is 12.2 Å². The number of hydrogen-bond donors (Lipinski definition) is 1. The molecule has 3 heteroatoms. The summed E-state index contributed by atoms with van der Waals surface area (Å²) in [6.45, 7) is 9.07. The van der Waals surface area contributed by atoms with Gasteiger partial charge in [-0.2, -0.15) is 0 Å². The molecule has 0 fully saturated rings. The van der Waals surface area contributed by atoms with E-state index in [0.29, 0.717) is 4.48 Å². The second kappa shape index (κ2) is 8.49. The maximum atomic E-state index is 10.1. The van der Waals surface area contributed by atoms with E-state index in [4.69, 9.17) is 0 Å². The van der Waals surface area contributed by atoms with E-state index in [1.807, 2.05) is 6.92 Å². The van der Waals surface area contributed by atoms with Crippen molar-refractivity contribution < 1.29 is 9.59 Å². The molecule has 0 aromatic heterocycles. The summed E-state index contributed by atoms with van der Waals surface area (Å²) < 4.78 is 0.700. The Bertz CT molecular complexity index is 310. The summed E-state index contributed by atoms with van der Waals surface area (Å²) in [4.78, 5) is 4.64. The molecule has 0 radical (unpaired) electrons. The Morgan fingerprint density at radius 3 is 2.63 bits per heavy atom. The number of amidine groups is 1. The van der Waals surface area contributed by atoms with Crippen molar-refractivity contribution in [3.8, 4) is 0 Å². The lowest BCUT2D eigenvalue weighted by atomic mass is 10.1. The van der Waals surface area contributed by atoms with Gasteiger partial charge in [0.1, 0.15) is 6.54 Å². The van der Waals surface area contributed by atoms with Gasteiger partial charge in [-0.1, -0.05) is 25.5 Å². The SMILES string of the molecule is CCC/C=C/CCCCC1=NCC[N+]1(CC)C(C)O. The van der Waals surface area contributed by atoms with Gasteiger partial charge in [0.05, 0.1) is 13.1 Å². The first-order valence-electron chi connectivity index (χ1n) is 7.91. The minimum Gasteiger partial charge on any atom is -0.345 e.